The molecule has 1 heteroatoms. The zero-order valence-electron chi connectivity index (χ0n) is 6.31. The molecule has 0 aromatic heterocycles. The molecule has 0 heterocycles. The van der Waals surface area contributed by atoms with Gasteiger partial charge in [0, 0.05) is 12.3 Å². The predicted octanol–water partition coefficient (Wildman–Crippen LogP) is 2.32. The van der Waals surface area contributed by atoms with Crippen LogP contribution in [0, 0.1) is 5.92 Å². The molecular formula is C9H14O. The molecule has 0 bridgehead atoms. The van der Waals surface area contributed by atoms with Crippen molar-refractivity contribution in [2.45, 2.75) is 32.1 Å². The van der Waals surface area contributed by atoms with Gasteiger partial charge in [-0.2, -0.15) is 0 Å². The molecule has 0 aliphatic heterocycles. The molecule has 1 saturated carbocycles. The van der Waals surface area contributed by atoms with Gasteiger partial charge >= 0.3 is 0 Å². The fourth-order valence-corrected chi connectivity index (χ4v) is 1.44. The number of ketones is 1. The van der Waals surface area contributed by atoms with E-state index in [1.54, 1.807) is 6.08 Å². The third kappa shape index (κ3) is 1.69. The minimum absolute atomic E-state index is 0.169. The number of carbonyl (C=O) groups excluding carboxylic acids is 1. The molecular weight excluding hydrogens is 124 g/mol. The van der Waals surface area contributed by atoms with Crippen molar-refractivity contribution in [3.63, 3.8) is 0 Å². The van der Waals surface area contributed by atoms with Crippen molar-refractivity contribution in [1.29, 1.82) is 0 Å². The molecule has 0 saturated heterocycles. The van der Waals surface area contributed by atoms with Crippen molar-refractivity contribution in [1.82, 2.24) is 0 Å². The Kier molecular flexibility index (Phi) is 2.67. The van der Waals surface area contributed by atoms with Crippen LogP contribution < -0.4 is 0 Å². The number of hydrogen-bond donors (Lipinski definition) is 0. The maximum Gasteiger partial charge on any atom is 0.139 e. The molecule has 0 aromatic rings. The Morgan fingerprint density at radius 1 is 1.40 bits per heavy atom. The summed E-state index contributed by atoms with van der Waals surface area (Å²) in [5.41, 5.74) is 0. The van der Waals surface area contributed by atoms with E-state index >= 15 is 0 Å². The second-order valence-electron chi connectivity index (χ2n) is 2.91. The first-order chi connectivity index (χ1) is 4.84. The molecule has 1 unspecified atom stereocenters. The van der Waals surface area contributed by atoms with Crippen molar-refractivity contribution in [3.8, 4) is 0 Å². The van der Waals surface area contributed by atoms with E-state index in [4.69, 9.17) is 0 Å². The molecule has 1 aliphatic rings. The first-order valence-electron chi connectivity index (χ1n) is 4.00. The van der Waals surface area contributed by atoms with E-state index in [1.165, 1.54) is 12.8 Å². The van der Waals surface area contributed by atoms with Gasteiger partial charge in [0.15, 0.2) is 0 Å². The van der Waals surface area contributed by atoms with Gasteiger partial charge in [-0.1, -0.05) is 18.9 Å². The number of allylic oxidation sites excluding steroid dienone is 1. The Morgan fingerprint density at radius 3 is 2.90 bits per heavy atom. The largest absolute Gasteiger partial charge is 0.299 e. The lowest BCUT2D eigenvalue weighted by atomic mass is 10.00. The summed E-state index contributed by atoms with van der Waals surface area (Å²) in [7, 11) is 0. The lowest BCUT2D eigenvalue weighted by molar-refractivity contribution is -0.121. The van der Waals surface area contributed by atoms with E-state index in [0.717, 1.165) is 19.3 Å². The second kappa shape index (κ2) is 3.55. The maximum atomic E-state index is 11.2. The van der Waals surface area contributed by atoms with E-state index in [9.17, 15) is 4.79 Å². The molecule has 0 N–H and O–H groups in total. The Bertz CT molecular complexity index is 138. The lowest BCUT2D eigenvalue weighted by Crippen LogP contribution is -2.08. The molecule has 10 heavy (non-hydrogen) atoms. The number of carbonyl (C=O) groups is 1. The molecule has 1 aliphatic carbocycles. The summed E-state index contributed by atoms with van der Waals surface area (Å²) in [4.78, 5) is 11.2. The highest BCUT2D eigenvalue weighted by Crippen LogP contribution is 2.20. The van der Waals surface area contributed by atoms with Crippen LogP contribution in [0.3, 0.4) is 0 Å². The summed E-state index contributed by atoms with van der Waals surface area (Å²) < 4.78 is 0. The molecule has 1 rings (SSSR count). The van der Waals surface area contributed by atoms with Crippen LogP contribution in [0.5, 0.6) is 0 Å². The van der Waals surface area contributed by atoms with E-state index in [2.05, 4.69) is 6.58 Å². The van der Waals surface area contributed by atoms with Crippen LogP contribution in [0.1, 0.15) is 32.1 Å². The number of Topliss-reactive ketones (excluding diaryl/α,β-unsaturated/α-hetero) is 1. The average molecular weight is 138 g/mol. The van der Waals surface area contributed by atoms with Gasteiger partial charge in [-0.15, -0.1) is 6.58 Å². The fourth-order valence-electron chi connectivity index (χ4n) is 1.44. The number of hydrogen-bond acceptors (Lipinski definition) is 1. The molecule has 1 nitrogen and oxygen atoms in total. The third-order valence-corrected chi connectivity index (χ3v) is 2.14. The topological polar surface area (TPSA) is 17.1 Å². The summed E-state index contributed by atoms with van der Waals surface area (Å²) in [6.07, 6.45) is 7.11. The molecule has 1 atom stereocenters. The zero-order chi connectivity index (χ0) is 7.40. The van der Waals surface area contributed by atoms with Gasteiger partial charge in [-0.3, -0.25) is 4.79 Å². The van der Waals surface area contributed by atoms with Gasteiger partial charge in [0.25, 0.3) is 0 Å². The van der Waals surface area contributed by atoms with Crippen molar-refractivity contribution in [2.75, 3.05) is 0 Å². The molecule has 0 radical (unpaired) electrons. The van der Waals surface area contributed by atoms with Crippen LogP contribution in [0.15, 0.2) is 12.7 Å². The monoisotopic (exact) mass is 138 g/mol. The predicted molar refractivity (Wildman–Crippen MR) is 41.8 cm³/mol. The highest BCUT2D eigenvalue weighted by Gasteiger charge is 2.16. The van der Waals surface area contributed by atoms with E-state index in [1.807, 2.05) is 0 Å². The molecule has 1 fully saturated rings. The van der Waals surface area contributed by atoms with Crippen LogP contribution in [0.2, 0.25) is 0 Å². The molecule has 0 aromatic carbocycles. The van der Waals surface area contributed by atoms with Crippen molar-refractivity contribution in [2.24, 2.45) is 5.92 Å². The number of rotatable bonds is 1. The molecule has 0 amide bonds. The average Bonchev–Trinajstić information content (AvgIpc) is 2.13. The molecule has 56 valence electrons. The smallest absolute Gasteiger partial charge is 0.139 e. The summed E-state index contributed by atoms with van der Waals surface area (Å²) >= 11 is 0. The quantitative estimate of drug-likeness (QED) is 0.401. The van der Waals surface area contributed by atoms with E-state index in [-0.39, 0.29) is 5.92 Å². The van der Waals surface area contributed by atoms with Crippen LogP contribution in [-0.2, 0) is 4.79 Å². The molecule has 0 spiro atoms. The Labute approximate surface area is 62.1 Å². The third-order valence-electron chi connectivity index (χ3n) is 2.14. The Hall–Kier alpha value is -0.590. The van der Waals surface area contributed by atoms with Crippen LogP contribution >= 0.6 is 0 Å². The maximum absolute atomic E-state index is 11.2. The normalized spacial score (nSPS) is 27.6. The van der Waals surface area contributed by atoms with Crippen molar-refractivity contribution < 1.29 is 4.79 Å². The second-order valence-corrected chi connectivity index (χ2v) is 2.91. The van der Waals surface area contributed by atoms with Gasteiger partial charge in [-0.25, -0.2) is 0 Å². The first kappa shape index (κ1) is 7.52. The van der Waals surface area contributed by atoms with E-state index < -0.39 is 0 Å². The SMILES string of the molecule is C=CC1CCCCCC1=O. The van der Waals surface area contributed by atoms with Crippen molar-refractivity contribution in [3.05, 3.63) is 12.7 Å². The van der Waals surface area contributed by atoms with Crippen LogP contribution in [0.25, 0.3) is 0 Å². The fraction of sp³-hybridized carbons (Fsp3) is 0.667. The van der Waals surface area contributed by atoms with Gasteiger partial charge in [0.1, 0.15) is 5.78 Å². The van der Waals surface area contributed by atoms with Crippen molar-refractivity contribution >= 4 is 5.78 Å². The Balaban J connectivity index is 2.51. The van der Waals surface area contributed by atoms with Gasteiger partial charge in [0.05, 0.1) is 0 Å². The van der Waals surface area contributed by atoms with E-state index in [0.29, 0.717) is 5.78 Å². The van der Waals surface area contributed by atoms with Gasteiger partial charge < -0.3 is 0 Å². The standard InChI is InChI=1S/C9H14O/c1-2-8-6-4-3-5-7-9(8)10/h2,8H,1,3-7H2. The van der Waals surface area contributed by atoms with Crippen LogP contribution in [-0.4, -0.2) is 5.78 Å². The summed E-state index contributed by atoms with van der Waals surface area (Å²) in [6.45, 7) is 3.66. The highest BCUT2D eigenvalue weighted by atomic mass is 16.1. The summed E-state index contributed by atoms with van der Waals surface area (Å²) in [6, 6.07) is 0. The summed E-state index contributed by atoms with van der Waals surface area (Å²) in [5, 5.41) is 0. The zero-order valence-corrected chi connectivity index (χ0v) is 6.31. The minimum Gasteiger partial charge on any atom is -0.299 e. The highest BCUT2D eigenvalue weighted by molar-refractivity contribution is 5.82. The first-order valence-corrected chi connectivity index (χ1v) is 4.00. The lowest BCUT2D eigenvalue weighted by Gasteiger charge is -2.04. The van der Waals surface area contributed by atoms with Gasteiger partial charge in [-0.05, 0) is 12.8 Å². The minimum atomic E-state index is 0.169. The summed E-state index contributed by atoms with van der Waals surface area (Å²) in [5.74, 6) is 0.565. The Morgan fingerprint density at radius 2 is 2.20 bits per heavy atom. The van der Waals surface area contributed by atoms with Crippen LogP contribution in [0.4, 0.5) is 0 Å². The van der Waals surface area contributed by atoms with Gasteiger partial charge in [0.2, 0.25) is 0 Å².